The highest BCUT2D eigenvalue weighted by molar-refractivity contribution is 6.07. The van der Waals surface area contributed by atoms with Gasteiger partial charge in [0, 0.05) is 19.2 Å². The number of fused-ring (bicyclic) bond motifs is 1. The van der Waals surface area contributed by atoms with E-state index < -0.39 is 18.0 Å². The van der Waals surface area contributed by atoms with Crippen LogP contribution in [0.2, 0.25) is 0 Å². The topological polar surface area (TPSA) is 38.1 Å². The molecule has 0 spiro atoms. The molecule has 2 aromatic rings. The lowest BCUT2D eigenvalue weighted by atomic mass is 9.97. The summed E-state index contributed by atoms with van der Waals surface area (Å²) in [4.78, 5) is 14.2. The summed E-state index contributed by atoms with van der Waals surface area (Å²) < 4.78 is 41.4. The number of anilines is 1. The molecule has 0 fully saturated rings. The molecule has 0 unspecified atom stereocenters. The number of hydrogen-bond donors (Lipinski definition) is 0. The normalized spacial score (nSPS) is 14.3. The molecule has 4 nitrogen and oxygen atoms in total. The van der Waals surface area contributed by atoms with Crippen LogP contribution in [0.25, 0.3) is 0 Å². The zero-order valence-corrected chi connectivity index (χ0v) is 12.8. The van der Waals surface area contributed by atoms with Crippen molar-refractivity contribution in [2.24, 2.45) is 7.05 Å². The molecule has 0 atom stereocenters. The van der Waals surface area contributed by atoms with Gasteiger partial charge in [0.25, 0.3) is 12.3 Å². The first-order chi connectivity index (χ1) is 10.9. The van der Waals surface area contributed by atoms with Crippen molar-refractivity contribution in [2.75, 3.05) is 11.4 Å². The molecule has 1 aromatic heterocycles. The second-order valence-corrected chi connectivity index (χ2v) is 5.62. The number of amides is 1. The Labute approximate surface area is 131 Å². The largest absolute Gasteiger partial charge is 0.308 e. The standard InChI is InChI=1S/C16H16F3N3O/c1-9-5-6-12(17)10-4-3-7-22(13(9)10)16(23)11-8-20-21(2)14(11)15(18)19/h5-6,8,15H,3-4,7H2,1-2H3. The average molecular weight is 323 g/mol. The van der Waals surface area contributed by atoms with Crippen molar-refractivity contribution in [1.29, 1.82) is 0 Å². The van der Waals surface area contributed by atoms with Crippen molar-refractivity contribution in [3.8, 4) is 0 Å². The summed E-state index contributed by atoms with van der Waals surface area (Å²) in [5.41, 5.74) is 1.14. The molecule has 1 aliphatic rings. The van der Waals surface area contributed by atoms with Gasteiger partial charge in [-0.15, -0.1) is 0 Å². The Kier molecular flexibility index (Phi) is 3.87. The third kappa shape index (κ3) is 2.50. The minimum absolute atomic E-state index is 0.140. The third-order valence-corrected chi connectivity index (χ3v) is 4.17. The van der Waals surface area contributed by atoms with E-state index in [0.717, 1.165) is 16.4 Å². The van der Waals surface area contributed by atoms with Crippen molar-refractivity contribution in [2.45, 2.75) is 26.2 Å². The lowest BCUT2D eigenvalue weighted by Gasteiger charge is -2.31. The highest BCUT2D eigenvalue weighted by Crippen LogP contribution is 2.34. The first-order valence-electron chi connectivity index (χ1n) is 7.31. The van der Waals surface area contributed by atoms with E-state index in [2.05, 4.69) is 5.10 Å². The molecular weight excluding hydrogens is 307 g/mol. The number of carbonyl (C=O) groups excluding carboxylic acids is 1. The van der Waals surface area contributed by atoms with Gasteiger partial charge in [-0.3, -0.25) is 9.48 Å². The third-order valence-electron chi connectivity index (χ3n) is 4.17. The van der Waals surface area contributed by atoms with Gasteiger partial charge in [0.2, 0.25) is 0 Å². The lowest BCUT2D eigenvalue weighted by molar-refractivity contribution is 0.0967. The predicted molar refractivity (Wildman–Crippen MR) is 79.3 cm³/mol. The van der Waals surface area contributed by atoms with Gasteiger partial charge in [-0.05, 0) is 31.4 Å². The van der Waals surface area contributed by atoms with Crippen LogP contribution in [0.1, 0.15) is 40.0 Å². The highest BCUT2D eigenvalue weighted by Gasteiger charge is 2.31. The van der Waals surface area contributed by atoms with Gasteiger partial charge >= 0.3 is 0 Å². The highest BCUT2D eigenvalue weighted by atomic mass is 19.3. The van der Waals surface area contributed by atoms with Crippen LogP contribution in [-0.2, 0) is 13.5 Å². The van der Waals surface area contributed by atoms with Crippen LogP contribution in [0.5, 0.6) is 0 Å². The number of carbonyl (C=O) groups is 1. The quantitative estimate of drug-likeness (QED) is 0.849. The number of aromatic nitrogens is 2. The Morgan fingerprint density at radius 3 is 2.78 bits per heavy atom. The lowest BCUT2D eigenvalue weighted by Crippen LogP contribution is -2.37. The minimum atomic E-state index is -2.81. The molecule has 23 heavy (non-hydrogen) atoms. The number of benzene rings is 1. The summed E-state index contributed by atoms with van der Waals surface area (Å²) >= 11 is 0. The summed E-state index contributed by atoms with van der Waals surface area (Å²) in [6, 6.07) is 2.97. The second-order valence-electron chi connectivity index (χ2n) is 5.62. The van der Waals surface area contributed by atoms with Gasteiger partial charge in [0.1, 0.15) is 11.5 Å². The monoisotopic (exact) mass is 323 g/mol. The van der Waals surface area contributed by atoms with Crippen molar-refractivity contribution in [3.05, 3.63) is 46.5 Å². The van der Waals surface area contributed by atoms with Gasteiger partial charge < -0.3 is 4.90 Å². The number of alkyl halides is 2. The molecule has 122 valence electrons. The first-order valence-corrected chi connectivity index (χ1v) is 7.31. The molecule has 7 heteroatoms. The van der Waals surface area contributed by atoms with Crippen molar-refractivity contribution >= 4 is 11.6 Å². The Morgan fingerprint density at radius 1 is 1.35 bits per heavy atom. The zero-order valence-electron chi connectivity index (χ0n) is 12.8. The van der Waals surface area contributed by atoms with Crippen molar-refractivity contribution in [3.63, 3.8) is 0 Å². The summed E-state index contributed by atoms with van der Waals surface area (Å²) in [5.74, 6) is -0.939. The van der Waals surface area contributed by atoms with Crippen LogP contribution in [0, 0.1) is 12.7 Å². The van der Waals surface area contributed by atoms with Gasteiger partial charge in [-0.25, -0.2) is 13.2 Å². The Balaban J connectivity index is 2.09. The van der Waals surface area contributed by atoms with Gasteiger partial charge in [-0.1, -0.05) is 6.07 Å². The smallest absolute Gasteiger partial charge is 0.280 e. The van der Waals surface area contributed by atoms with Crippen LogP contribution in [0.4, 0.5) is 18.9 Å². The Bertz CT molecular complexity index is 770. The molecule has 1 amide bonds. The molecule has 3 rings (SSSR count). The fraction of sp³-hybridized carbons (Fsp3) is 0.375. The van der Waals surface area contributed by atoms with Crippen LogP contribution in [0.3, 0.4) is 0 Å². The maximum atomic E-state index is 14.0. The number of halogens is 3. The Morgan fingerprint density at radius 2 is 2.09 bits per heavy atom. The molecule has 0 N–H and O–H groups in total. The van der Waals surface area contributed by atoms with E-state index in [-0.39, 0.29) is 11.4 Å². The predicted octanol–water partition coefficient (Wildman–Crippen LogP) is 3.40. The van der Waals surface area contributed by atoms with E-state index >= 15 is 0 Å². The first kappa shape index (κ1) is 15.6. The molecule has 1 aromatic carbocycles. The van der Waals surface area contributed by atoms with E-state index in [1.165, 1.54) is 18.0 Å². The molecule has 0 saturated heterocycles. The average Bonchev–Trinajstić information content (AvgIpc) is 2.91. The summed E-state index contributed by atoms with van der Waals surface area (Å²) in [7, 11) is 1.37. The fourth-order valence-electron chi connectivity index (χ4n) is 3.09. The molecule has 2 heterocycles. The number of hydrogen-bond acceptors (Lipinski definition) is 2. The maximum absolute atomic E-state index is 14.0. The van der Waals surface area contributed by atoms with E-state index in [0.29, 0.717) is 30.6 Å². The zero-order chi connectivity index (χ0) is 16.7. The summed E-state index contributed by atoms with van der Waals surface area (Å²) in [6.45, 7) is 2.15. The molecule has 1 aliphatic heterocycles. The van der Waals surface area contributed by atoms with Gasteiger partial charge in [0.05, 0.1) is 17.4 Å². The molecule has 0 aliphatic carbocycles. The second kappa shape index (κ2) is 5.72. The molecule has 0 saturated carbocycles. The van der Waals surface area contributed by atoms with Crippen LogP contribution in [-0.4, -0.2) is 22.2 Å². The van der Waals surface area contributed by atoms with Crippen molar-refractivity contribution in [1.82, 2.24) is 9.78 Å². The Hall–Kier alpha value is -2.31. The van der Waals surface area contributed by atoms with E-state index in [4.69, 9.17) is 0 Å². The van der Waals surface area contributed by atoms with Crippen molar-refractivity contribution < 1.29 is 18.0 Å². The van der Waals surface area contributed by atoms with E-state index in [1.807, 2.05) is 0 Å². The minimum Gasteiger partial charge on any atom is -0.308 e. The van der Waals surface area contributed by atoms with Crippen LogP contribution < -0.4 is 4.90 Å². The number of nitrogens with zero attached hydrogens (tertiary/aromatic N) is 3. The molecule has 0 bridgehead atoms. The van der Waals surface area contributed by atoms with Gasteiger partial charge in [0.15, 0.2) is 0 Å². The van der Waals surface area contributed by atoms with E-state index in [1.54, 1.807) is 13.0 Å². The maximum Gasteiger partial charge on any atom is 0.280 e. The van der Waals surface area contributed by atoms with E-state index in [9.17, 15) is 18.0 Å². The molecule has 0 radical (unpaired) electrons. The summed E-state index contributed by atoms with van der Waals surface area (Å²) in [5, 5.41) is 3.76. The number of aryl methyl sites for hydroxylation is 2. The fourth-order valence-corrected chi connectivity index (χ4v) is 3.09. The summed E-state index contributed by atoms with van der Waals surface area (Å²) in [6.07, 6.45) is -0.545. The molecular formula is C16H16F3N3O. The van der Waals surface area contributed by atoms with Crippen LogP contribution in [0.15, 0.2) is 18.3 Å². The van der Waals surface area contributed by atoms with Gasteiger partial charge in [-0.2, -0.15) is 5.10 Å². The SMILES string of the molecule is Cc1ccc(F)c2c1N(C(=O)c1cnn(C)c1C(F)F)CCC2. The number of rotatable bonds is 2. The van der Waals surface area contributed by atoms with Crippen LogP contribution >= 0.6 is 0 Å².